The zero-order valence-electron chi connectivity index (χ0n) is 12.7. The summed E-state index contributed by atoms with van der Waals surface area (Å²) >= 11 is 1.71. The van der Waals surface area contributed by atoms with Crippen LogP contribution in [0.2, 0.25) is 0 Å². The van der Waals surface area contributed by atoms with Crippen molar-refractivity contribution < 1.29 is 13.2 Å². The average molecular weight is 342 g/mol. The SMILES string of the molecule is CS(=O)(=O)N1CCC(C(=O)NCCSc2ccccc2)CC1. The Labute approximate surface area is 136 Å². The van der Waals surface area contributed by atoms with E-state index in [1.807, 2.05) is 30.3 Å². The number of sulfonamides is 1. The van der Waals surface area contributed by atoms with Gasteiger partial charge in [-0.15, -0.1) is 11.8 Å². The van der Waals surface area contributed by atoms with Gasteiger partial charge in [0.05, 0.1) is 6.26 Å². The summed E-state index contributed by atoms with van der Waals surface area (Å²) in [5.74, 6) is 0.805. The third-order valence-corrected chi connectivity index (χ3v) is 6.02. The largest absolute Gasteiger partial charge is 0.355 e. The van der Waals surface area contributed by atoms with Gasteiger partial charge in [-0.1, -0.05) is 18.2 Å². The molecule has 0 radical (unpaired) electrons. The molecule has 7 heteroatoms. The van der Waals surface area contributed by atoms with Gasteiger partial charge in [0.2, 0.25) is 15.9 Å². The summed E-state index contributed by atoms with van der Waals surface area (Å²) in [6.45, 7) is 1.51. The number of rotatable bonds is 6. The Morgan fingerprint density at radius 2 is 1.91 bits per heavy atom. The van der Waals surface area contributed by atoms with Crippen LogP contribution >= 0.6 is 11.8 Å². The topological polar surface area (TPSA) is 66.5 Å². The van der Waals surface area contributed by atoms with E-state index in [2.05, 4.69) is 5.32 Å². The van der Waals surface area contributed by atoms with Crippen LogP contribution < -0.4 is 5.32 Å². The zero-order chi connectivity index (χ0) is 16.0. The number of benzene rings is 1. The van der Waals surface area contributed by atoms with Crippen molar-refractivity contribution in [3.63, 3.8) is 0 Å². The average Bonchev–Trinajstić information content (AvgIpc) is 2.52. The molecular weight excluding hydrogens is 320 g/mol. The Hall–Kier alpha value is -1.05. The van der Waals surface area contributed by atoms with Crippen LogP contribution in [0.4, 0.5) is 0 Å². The van der Waals surface area contributed by atoms with Crippen molar-refractivity contribution in [1.29, 1.82) is 0 Å². The predicted octanol–water partition coefficient (Wildman–Crippen LogP) is 1.57. The van der Waals surface area contributed by atoms with Crippen molar-refractivity contribution in [3.05, 3.63) is 30.3 Å². The van der Waals surface area contributed by atoms with E-state index in [1.165, 1.54) is 15.5 Å². The van der Waals surface area contributed by atoms with Crippen LogP contribution in [0.1, 0.15) is 12.8 Å². The molecule has 1 aromatic carbocycles. The smallest absolute Gasteiger partial charge is 0.223 e. The van der Waals surface area contributed by atoms with Crippen LogP contribution in [0, 0.1) is 5.92 Å². The van der Waals surface area contributed by atoms with E-state index in [9.17, 15) is 13.2 Å². The summed E-state index contributed by atoms with van der Waals surface area (Å²) in [4.78, 5) is 13.3. The fourth-order valence-electron chi connectivity index (χ4n) is 2.45. The van der Waals surface area contributed by atoms with Gasteiger partial charge in [0.15, 0.2) is 0 Å². The summed E-state index contributed by atoms with van der Waals surface area (Å²) in [6, 6.07) is 10.1. The van der Waals surface area contributed by atoms with E-state index in [1.54, 1.807) is 11.8 Å². The molecule has 1 N–H and O–H groups in total. The fourth-order valence-corrected chi connectivity index (χ4v) is 4.12. The maximum Gasteiger partial charge on any atom is 0.223 e. The highest BCUT2D eigenvalue weighted by Gasteiger charge is 2.28. The molecular formula is C15H22N2O3S2. The molecule has 122 valence electrons. The number of nitrogens with one attached hydrogen (secondary N) is 1. The molecule has 1 saturated heterocycles. The van der Waals surface area contributed by atoms with Crippen molar-refractivity contribution >= 4 is 27.7 Å². The Morgan fingerprint density at radius 3 is 2.50 bits per heavy atom. The molecule has 0 bridgehead atoms. The molecule has 1 aliphatic heterocycles. The first-order valence-corrected chi connectivity index (χ1v) is 10.2. The molecule has 1 amide bonds. The summed E-state index contributed by atoms with van der Waals surface area (Å²) in [5, 5.41) is 2.95. The molecule has 0 saturated carbocycles. The second-order valence-electron chi connectivity index (χ2n) is 5.39. The van der Waals surface area contributed by atoms with Gasteiger partial charge in [-0.3, -0.25) is 4.79 Å². The van der Waals surface area contributed by atoms with Crippen LogP contribution in [0.3, 0.4) is 0 Å². The molecule has 22 heavy (non-hydrogen) atoms. The molecule has 2 rings (SSSR count). The van der Waals surface area contributed by atoms with Gasteiger partial charge in [0, 0.05) is 36.2 Å². The molecule has 0 spiro atoms. The predicted molar refractivity (Wildman–Crippen MR) is 89.3 cm³/mol. The zero-order valence-corrected chi connectivity index (χ0v) is 14.3. The molecule has 1 aliphatic rings. The number of hydrogen-bond acceptors (Lipinski definition) is 4. The minimum absolute atomic E-state index is 0.0433. The van der Waals surface area contributed by atoms with Crippen molar-refractivity contribution in [2.75, 3.05) is 31.6 Å². The molecule has 1 fully saturated rings. The first kappa shape index (κ1) is 17.3. The number of thioether (sulfide) groups is 1. The van der Waals surface area contributed by atoms with E-state index in [4.69, 9.17) is 0 Å². The van der Waals surface area contributed by atoms with E-state index in [0.29, 0.717) is 32.5 Å². The second-order valence-corrected chi connectivity index (χ2v) is 8.54. The minimum Gasteiger partial charge on any atom is -0.355 e. The van der Waals surface area contributed by atoms with Gasteiger partial charge >= 0.3 is 0 Å². The van der Waals surface area contributed by atoms with Gasteiger partial charge in [0.25, 0.3) is 0 Å². The lowest BCUT2D eigenvalue weighted by atomic mass is 9.97. The third-order valence-electron chi connectivity index (χ3n) is 3.71. The van der Waals surface area contributed by atoms with Crippen molar-refractivity contribution in [2.45, 2.75) is 17.7 Å². The summed E-state index contributed by atoms with van der Waals surface area (Å²) in [5.41, 5.74) is 0. The molecule has 0 atom stereocenters. The van der Waals surface area contributed by atoms with E-state index in [-0.39, 0.29) is 11.8 Å². The number of carbonyl (C=O) groups excluding carboxylic acids is 1. The first-order valence-electron chi connectivity index (χ1n) is 7.37. The van der Waals surface area contributed by atoms with Crippen LogP contribution in [0.25, 0.3) is 0 Å². The minimum atomic E-state index is -3.13. The molecule has 0 aliphatic carbocycles. The third kappa shape index (κ3) is 5.30. The quantitative estimate of drug-likeness (QED) is 0.629. The number of hydrogen-bond donors (Lipinski definition) is 1. The highest BCUT2D eigenvalue weighted by atomic mass is 32.2. The van der Waals surface area contributed by atoms with E-state index >= 15 is 0 Å². The normalized spacial score (nSPS) is 17.3. The lowest BCUT2D eigenvalue weighted by Crippen LogP contribution is -2.42. The summed E-state index contributed by atoms with van der Waals surface area (Å²) < 4.78 is 24.3. The lowest BCUT2D eigenvalue weighted by molar-refractivity contribution is -0.125. The van der Waals surface area contributed by atoms with Crippen LogP contribution in [0.5, 0.6) is 0 Å². The number of piperidine rings is 1. The van der Waals surface area contributed by atoms with Gasteiger partial charge in [-0.25, -0.2) is 12.7 Å². The van der Waals surface area contributed by atoms with E-state index < -0.39 is 10.0 Å². The molecule has 1 aromatic rings. The highest BCUT2D eigenvalue weighted by molar-refractivity contribution is 7.99. The standard InChI is InChI=1S/C15H22N2O3S2/c1-22(19,20)17-10-7-13(8-11-17)15(18)16-9-12-21-14-5-3-2-4-6-14/h2-6,13H,7-12H2,1H3,(H,16,18). The highest BCUT2D eigenvalue weighted by Crippen LogP contribution is 2.19. The van der Waals surface area contributed by atoms with Crippen LogP contribution in [-0.4, -0.2) is 50.3 Å². The van der Waals surface area contributed by atoms with Crippen molar-refractivity contribution in [3.8, 4) is 0 Å². The van der Waals surface area contributed by atoms with Gasteiger partial charge in [-0.2, -0.15) is 0 Å². The van der Waals surface area contributed by atoms with Crippen molar-refractivity contribution in [1.82, 2.24) is 9.62 Å². The summed E-state index contributed by atoms with van der Waals surface area (Å²) in [7, 11) is -3.13. The summed E-state index contributed by atoms with van der Waals surface area (Å²) in [6.07, 6.45) is 2.42. The molecule has 1 heterocycles. The maximum absolute atomic E-state index is 12.1. The monoisotopic (exact) mass is 342 g/mol. The Balaban J connectivity index is 1.66. The first-order chi connectivity index (χ1) is 10.5. The van der Waals surface area contributed by atoms with Gasteiger partial charge in [0.1, 0.15) is 0 Å². The van der Waals surface area contributed by atoms with Crippen molar-refractivity contribution in [2.24, 2.45) is 5.92 Å². The Bertz CT molecular complexity index is 582. The number of amides is 1. The van der Waals surface area contributed by atoms with Gasteiger partial charge in [-0.05, 0) is 25.0 Å². The molecule has 5 nitrogen and oxygen atoms in total. The molecule has 0 aromatic heterocycles. The fraction of sp³-hybridized carbons (Fsp3) is 0.533. The van der Waals surface area contributed by atoms with Gasteiger partial charge < -0.3 is 5.32 Å². The maximum atomic E-state index is 12.1. The number of carbonyl (C=O) groups is 1. The van der Waals surface area contributed by atoms with Crippen LogP contribution in [0.15, 0.2) is 35.2 Å². The Kier molecular flexibility index (Phi) is 6.28. The lowest BCUT2D eigenvalue weighted by Gasteiger charge is -2.29. The molecule has 0 unspecified atom stereocenters. The number of nitrogens with zero attached hydrogens (tertiary/aromatic N) is 1. The van der Waals surface area contributed by atoms with E-state index in [0.717, 1.165) is 5.75 Å². The Morgan fingerprint density at radius 1 is 1.27 bits per heavy atom. The van der Waals surface area contributed by atoms with Crippen LogP contribution in [-0.2, 0) is 14.8 Å². The second kappa shape index (κ2) is 7.99.